The van der Waals surface area contributed by atoms with Crippen molar-refractivity contribution in [3.05, 3.63) is 58.3 Å². The zero-order valence-corrected chi connectivity index (χ0v) is 17.2. The molecule has 0 saturated carbocycles. The van der Waals surface area contributed by atoms with Gasteiger partial charge >= 0.3 is 0 Å². The lowest BCUT2D eigenvalue weighted by Gasteiger charge is -2.29. The van der Waals surface area contributed by atoms with Gasteiger partial charge in [-0.2, -0.15) is 0 Å². The van der Waals surface area contributed by atoms with Gasteiger partial charge in [-0.1, -0.05) is 28.1 Å². The number of nitrogens with zero attached hydrogens (tertiary/aromatic N) is 1. The van der Waals surface area contributed by atoms with Crippen LogP contribution < -0.4 is 15.5 Å². The van der Waals surface area contributed by atoms with Crippen LogP contribution in [0.15, 0.2) is 46.9 Å². The van der Waals surface area contributed by atoms with Gasteiger partial charge in [0.2, 0.25) is 0 Å². The van der Waals surface area contributed by atoms with Crippen molar-refractivity contribution in [2.45, 2.75) is 32.2 Å². The van der Waals surface area contributed by atoms with E-state index in [2.05, 4.69) is 55.7 Å². The third-order valence-corrected chi connectivity index (χ3v) is 5.35. The van der Waals surface area contributed by atoms with Gasteiger partial charge in [0.1, 0.15) is 5.82 Å². The number of nitrogens with one attached hydrogen (secondary N) is 2. The lowest BCUT2D eigenvalue weighted by molar-refractivity contribution is 0.577. The number of thiocarbonyl (C=S) groups is 1. The molecule has 26 heavy (non-hydrogen) atoms. The Hall–Kier alpha value is -1.66. The van der Waals surface area contributed by atoms with E-state index in [0.717, 1.165) is 18.7 Å². The Morgan fingerprint density at radius 3 is 2.46 bits per heavy atom. The SMILES string of the molecule is CC(NC(=S)Nc1ccc(Br)cc1F)c1ccc(N2CCCCC2)cc1. The van der Waals surface area contributed by atoms with Crippen LogP contribution in [0.25, 0.3) is 0 Å². The summed E-state index contributed by atoms with van der Waals surface area (Å²) in [4.78, 5) is 2.44. The van der Waals surface area contributed by atoms with Gasteiger partial charge in [-0.3, -0.25) is 0 Å². The normalized spacial score (nSPS) is 15.4. The van der Waals surface area contributed by atoms with E-state index in [1.54, 1.807) is 12.1 Å². The molecule has 0 spiro atoms. The van der Waals surface area contributed by atoms with Crippen LogP contribution in [-0.4, -0.2) is 18.2 Å². The van der Waals surface area contributed by atoms with Crippen LogP contribution in [0.3, 0.4) is 0 Å². The number of benzene rings is 2. The summed E-state index contributed by atoms with van der Waals surface area (Å²) in [6.07, 6.45) is 3.87. The predicted octanol–water partition coefficient (Wildman–Crippen LogP) is 5.63. The van der Waals surface area contributed by atoms with E-state index in [4.69, 9.17) is 12.2 Å². The fourth-order valence-electron chi connectivity index (χ4n) is 3.16. The van der Waals surface area contributed by atoms with Crippen molar-refractivity contribution >= 4 is 44.6 Å². The average Bonchev–Trinajstić information content (AvgIpc) is 2.65. The molecule has 3 nitrogen and oxygen atoms in total. The minimum atomic E-state index is -0.345. The first-order chi connectivity index (χ1) is 12.5. The highest BCUT2D eigenvalue weighted by molar-refractivity contribution is 9.10. The monoisotopic (exact) mass is 435 g/mol. The topological polar surface area (TPSA) is 27.3 Å². The molecule has 1 unspecified atom stereocenters. The first-order valence-corrected chi connectivity index (χ1v) is 10.1. The third kappa shape index (κ3) is 4.95. The Bertz CT molecular complexity index is 760. The van der Waals surface area contributed by atoms with Gasteiger partial charge in [-0.05, 0) is 74.3 Å². The number of rotatable bonds is 4. The van der Waals surface area contributed by atoms with Crippen LogP contribution >= 0.6 is 28.1 Å². The minimum absolute atomic E-state index is 0.0314. The summed E-state index contributed by atoms with van der Waals surface area (Å²) in [5.41, 5.74) is 2.78. The van der Waals surface area contributed by atoms with Gasteiger partial charge < -0.3 is 15.5 Å². The molecule has 0 aliphatic carbocycles. The predicted molar refractivity (Wildman–Crippen MR) is 114 cm³/mol. The second-order valence-corrected chi connectivity index (χ2v) is 7.91. The number of hydrogen-bond acceptors (Lipinski definition) is 2. The van der Waals surface area contributed by atoms with Crippen molar-refractivity contribution < 1.29 is 4.39 Å². The van der Waals surface area contributed by atoms with Gasteiger partial charge in [-0.15, -0.1) is 0 Å². The van der Waals surface area contributed by atoms with Crippen LogP contribution in [0, 0.1) is 5.82 Å². The fraction of sp³-hybridized carbons (Fsp3) is 0.350. The van der Waals surface area contributed by atoms with E-state index in [0.29, 0.717) is 15.3 Å². The second kappa shape index (κ2) is 8.82. The molecule has 1 fully saturated rings. The molecule has 3 rings (SSSR count). The summed E-state index contributed by atoms with van der Waals surface area (Å²) >= 11 is 8.57. The molecule has 1 heterocycles. The van der Waals surface area contributed by atoms with E-state index in [1.807, 2.05) is 6.92 Å². The second-order valence-electron chi connectivity index (χ2n) is 6.58. The molecule has 2 aromatic carbocycles. The molecule has 1 aliphatic heterocycles. The summed E-state index contributed by atoms with van der Waals surface area (Å²) in [6.45, 7) is 4.32. The van der Waals surface area contributed by atoms with E-state index >= 15 is 0 Å². The van der Waals surface area contributed by atoms with Crippen molar-refractivity contribution in [1.29, 1.82) is 0 Å². The van der Waals surface area contributed by atoms with Crippen LogP contribution in [0.1, 0.15) is 37.8 Å². The Kier molecular flexibility index (Phi) is 6.48. The fourth-order valence-corrected chi connectivity index (χ4v) is 3.78. The number of anilines is 2. The smallest absolute Gasteiger partial charge is 0.171 e. The van der Waals surface area contributed by atoms with Crippen molar-refractivity contribution in [3.8, 4) is 0 Å². The standard InChI is InChI=1S/C20H23BrFN3S/c1-14(23-20(26)24-19-10-7-16(21)13-18(19)22)15-5-8-17(9-6-15)25-11-3-2-4-12-25/h5-10,13-14H,2-4,11-12H2,1H3,(H2,23,24,26). The quantitative estimate of drug-likeness (QED) is 0.608. The van der Waals surface area contributed by atoms with Gasteiger partial charge in [0.05, 0.1) is 11.7 Å². The van der Waals surface area contributed by atoms with Gasteiger partial charge in [-0.25, -0.2) is 4.39 Å². The first-order valence-electron chi connectivity index (χ1n) is 8.90. The lowest BCUT2D eigenvalue weighted by atomic mass is 10.1. The molecule has 1 saturated heterocycles. The maximum absolute atomic E-state index is 13.9. The maximum Gasteiger partial charge on any atom is 0.171 e. The van der Waals surface area contributed by atoms with Crippen LogP contribution in [0.2, 0.25) is 0 Å². The molecule has 1 atom stereocenters. The van der Waals surface area contributed by atoms with E-state index in [-0.39, 0.29) is 11.9 Å². The summed E-state index contributed by atoms with van der Waals surface area (Å²) in [5.74, 6) is -0.345. The Labute approximate surface area is 168 Å². The first kappa shape index (κ1) is 19.1. The van der Waals surface area contributed by atoms with Crippen LogP contribution in [0.4, 0.5) is 15.8 Å². The Morgan fingerprint density at radius 2 is 1.81 bits per heavy atom. The number of hydrogen-bond donors (Lipinski definition) is 2. The minimum Gasteiger partial charge on any atom is -0.372 e. The van der Waals surface area contributed by atoms with Gasteiger partial charge in [0.15, 0.2) is 5.11 Å². The van der Waals surface area contributed by atoms with Crippen molar-refractivity contribution in [3.63, 3.8) is 0 Å². The van der Waals surface area contributed by atoms with Crippen molar-refractivity contribution in [2.24, 2.45) is 0 Å². The molecule has 2 N–H and O–H groups in total. The number of halogens is 2. The molecule has 0 amide bonds. The molecule has 138 valence electrons. The average molecular weight is 436 g/mol. The highest BCUT2D eigenvalue weighted by atomic mass is 79.9. The molecule has 2 aromatic rings. The molecular formula is C20H23BrFN3S. The largest absolute Gasteiger partial charge is 0.372 e. The lowest BCUT2D eigenvalue weighted by Crippen LogP contribution is -2.31. The molecule has 6 heteroatoms. The molecule has 0 aromatic heterocycles. The highest BCUT2D eigenvalue weighted by Crippen LogP contribution is 2.23. The van der Waals surface area contributed by atoms with E-state index < -0.39 is 0 Å². The highest BCUT2D eigenvalue weighted by Gasteiger charge is 2.13. The Balaban J connectivity index is 1.58. The van der Waals surface area contributed by atoms with Gasteiger partial charge in [0.25, 0.3) is 0 Å². The number of piperidine rings is 1. The van der Waals surface area contributed by atoms with Crippen molar-refractivity contribution in [1.82, 2.24) is 5.32 Å². The zero-order chi connectivity index (χ0) is 18.5. The molecule has 0 bridgehead atoms. The summed E-state index contributed by atoms with van der Waals surface area (Å²) < 4.78 is 14.6. The van der Waals surface area contributed by atoms with Crippen LogP contribution in [0.5, 0.6) is 0 Å². The maximum atomic E-state index is 13.9. The Morgan fingerprint density at radius 1 is 1.12 bits per heavy atom. The molecule has 1 aliphatic rings. The van der Waals surface area contributed by atoms with Gasteiger partial charge in [0, 0.05) is 23.2 Å². The molecular weight excluding hydrogens is 413 g/mol. The third-order valence-electron chi connectivity index (χ3n) is 4.64. The summed E-state index contributed by atoms with van der Waals surface area (Å²) in [6, 6.07) is 13.5. The zero-order valence-electron chi connectivity index (χ0n) is 14.8. The van der Waals surface area contributed by atoms with E-state index in [9.17, 15) is 4.39 Å². The van der Waals surface area contributed by atoms with Crippen molar-refractivity contribution in [2.75, 3.05) is 23.3 Å². The van der Waals surface area contributed by atoms with E-state index in [1.165, 1.54) is 31.0 Å². The molecule has 0 radical (unpaired) electrons. The summed E-state index contributed by atoms with van der Waals surface area (Å²) in [5, 5.41) is 6.53. The van der Waals surface area contributed by atoms with Crippen LogP contribution in [-0.2, 0) is 0 Å². The summed E-state index contributed by atoms with van der Waals surface area (Å²) in [7, 11) is 0.